The van der Waals surface area contributed by atoms with Gasteiger partial charge in [0, 0.05) is 4.88 Å². The van der Waals surface area contributed by atoms with Crippen LogP contribution >= 0.6 is 11.3 Å². The van der Waals surface area contributed by atoms with Crippen molar-refractivity contribution >= 4 is 23.3 Å². The van der Waals surface area contributed by atoms with E-state index in [1.807, 2.05) is 6.92 Å². The van der Waals surface area contributed by atoms with Crippen molar-refractivity contribution < 1.29 is 9.53 Å². The highest BCUT2D eigenvalue weighted by Crippen LogP contribution is 2.17. The second-order valence-corrected chi connectivity index (χ2v) is 6.07. The molecule has 0 unspecified atom stereocenters. The smallest absolute Gasteiger partial charge is 0.408 e. The standard InChI is InChI=1S/C11H18N4O2S/c1-6-8(9(12)13)15-7(18-6)5-14-10(16)17-11(2,3)4/h5H2,1-4H3,(H3,12,13)(H,14,16). The second kappa shape index (κ2) is 5.34. The Kier molecular flexibility index (Phi) is 4.28. The first-order valence-corrected chi connectivity index (χ1v) is 6.28. The normalized spacial score (nSPS) is 11.1. The summed E-state index contributed by atoms with van der Waals surface area (Å²) >= 11 is 1.40. The van der Waals surface area contributed by atoms with Gasteiger partial charge in [-0.05, 0) is 27.7 Å². The lowest BCUT2D eigenvalue weighted by Crippen LogP contribution is -2.32. The molecule has 0 spiro atoms. The van der Waals surface area contributed by atoms with E-state index in [4.69, 9.17) is 15.9 Å². The summed E-state index contributed by atoms with van der Waals surface area (Å²) in [6.45, 7) is 7.51. The second-order valence-electron chi connectivity index (χ2n) is 4.78. The van der Waals surface area contributed by atoms with Crippen molar-refractivity contribution in [1.82, 2.24) is 10.3 Å². The van der Waals surface area contributed by atoms with Crippen LogP contribution in [0.4, 0.5) is 4.79 Å². The Morgan fingerprint density at radius 1 is 1.56 bits per heavy atom. The van der Waals surface area contributed by atoms with E-state index in [2.05, 4.69) is 10.3 Å². The van der Waals surface area contributed by atoms with Crippen molar-refractivity contribution in [3.8, 4) is 0 Å². The van der Waals surface area contributed by atoms with Crippen LogP contribution in [0.2, 0.25) is 0 Å². The molecule has 1 heterocycles. The number of carbonyl (C=O) groups is 1. The van der Waals surface area contributed by atoms with Gasteiger partial charge in [0.25, 0.3) is 0 Å². The van der Waals surface area contributed by atoms with Gasteiger partial charge >= 0.3 is 6.09 Å². The van der Waals surface area contributed by atoms with Gasteiger partial charge in [-0.2, -0.15) is 0 Å². The van der Waals surface area contributed by atoms with E-state index < -0.39 is 11.7 Å². The average molecular weight is 270 g/mol. The van der Waals surface area contributed by atoms with Gasteiger partial charge < -0.3 is 15.8 Å². The molecule has 1 rings (SSSR count). The van der Waals surface area contributed by atoms with Gasteiger partial charge in [-0.1, -0.05) is 0 Å². The first-order valence-electron chi connectivity index (χ1n) is 5.46. The number of hydrogen-bond donors (Lipinski definition) is 3. The molecule has 7 heteroatoms. The number of hydrogen-bond acceptors (Lipinski definition) is 5. The SMILES string of the molecule is Cc1sc(CNC(=O)OC(C)(C)C)nc1C(=N)N. The first kappa shape index (κ1) is 14.4. The Balaban J connectivity index is 2.57. The molecule has 0 bridgehead atoms. The zero-order valence-electron chi connectivity index (χ0n) is 11.0. The van der Waals surface area contributed by atoms with E-state index >= 15 is 0 Å². The summed E-state index contributed by atoms with van der Waals surface area (Å²) in [5.41, 5.74) is 5.34. The third kappa shape index (κ3) is 4.33. The van der Waals surface area contributed by atoms with Crippen molar-refractivity contribution in [1.29, 1.82) is 5.41 Å². The lowest BCUT2D eigenvalue weighted by molar-refractivity contribution is 0.0523. The van der Waals surface area contributed by atoms with Crippen LogP contribution in [0.15, 0.2) is 0 Å². The van der Waals surface area contributed by atoms with Crippen LogP contribution in [0.1, 0.15) is 36.3 Å². The number of nitrogens with zero attached hydrogens (tertiary/aromatic N) is 1. The number of thiazole rings is 1. The molecule has 0 aliphatic heterocycles. The summed E-state index contributed by atoms with van der Waals surface area (Å²) in [7, 11) is 0. The monoisotopic (exact) mass is 270 g/mol. The third-order valence-corrected chi connectivity index (χ3v) is 2.85. The molecular weight excluding hydrogens is 252 g/mol. The molecule has 1 aromatic heterocycles. The van der Waals surface area contributed by atoms with E-state index in [1.54, 1.807) is 20.8 Å². The van der Waals surface area contributed by atoms with Crippen LogP contribution in [-0.4, -0.2) is 22.5 Å². The number of nitrogens with two attached hydrogens (primary N) is 1. The van der Waals surface area contributed by atoms with Gasteiger partial charge in [0.05, 0.1) is 6.54 Å². The summed E-state index contributed by atoms with van der Waals surface area (Å²) in [6.07, 6.45) is -0.486. The molecular formula is C11H18N4O2S. The molecule has 0 saturated carbocycles. The van der Waals surface area contributed by atoms with Crippen LogP contribution in [0.3, 0.4) is 0 Å². The Morgan fingerprint density at radius 3 is 2.61 bits per heavy atom. The molecule has 0 fully saturated rings. The Hall–Kier alpha value is -1.63. The maximum atomic E-state index is 11.4. The van der Waals surface area contributed by atoms with Crippen LogP contribution in [0, 0.1) is 12.3 Å². The molecule has 6 nitrogen and oxygen atoms in total. The molecule has 18 heavy (non-hydrogen) atoms. The number of amidine groups is 1. The summed E-state index contributed by atoms with van der Waals surface area (Å²) in [4.78, 5) is 16.5. The van der Waals surface area contributed by atoms with E-state index in [9.17, 15) is 4.79 Å². The number of aryl methyl sites for hydroxylation is 1. The largest absolute Gasteiger partial charge is 0.444 e. The van der Waals surface area contributed by atoms with Gasteiger partial charge in [0.1, 0.15) is 22.1 Å². The number of rotatable bonds is 3. The highest BCUT2D eigenvalue weighted by atomic mass is 32.1. The molecule has 0 aliphatic rings. The predicted octanol–water partition coefficient (Wildman–Crippen LogP) is 1.76. The fourth-order valence-electron chi connectivity index (χ4n) is 1.24. The quantitative estimate of drug-likeness (QED) is 0.575. The molecule has 0 aromatic carbocycles. The number of amides is 1. The number of nitrogens with one attached hydrogen (secondary N) is 2. The number of ether oxygens (including phenoxy) is 1. The lowest BCUT2D eigenvalue weighted by Gasteiger charge is -2.19. The highest BCUT2D eigenvalue weighted by molar-refractivity contribution is 7.11. The van der Waals surface area contributed by atoms with E-state index in [0.29, 0.717) is 10.7 Å². The van der Waals surface area contributed by atoms with Gasteiger partial charge in [-0.15, -0.1) is 11.3 Å². The van der Waals surface area contributed by atoms with Crippen molar-refractivity contribution in [2.75, 3.05) is 0 Å². The highest BCUT2D eigenvalue weighted by Gasteiger charge is 2.16. The third-order valence-electron chi connectivity index (χ3n) is 1.88. The molecule has 1 aromatic rings. The summed E-state index contributed by atoms with van der Waals surface area (Å²) in [5, 5.41) is 10.6. The number of nitrogen functional groups attached to an aromatic ring is 1. The fraction of sp³-hybridized carbons (Fsp3) is 0.545. The molecule has 0 saturated heterocycles. The summed E-state index contributed by atoms with van der Waals surface area (Å²) in [6, 6.07) is 0. The lowest BCUT2D eigenvalue weighted by atomic mass is 10.2. The zero-order valence-corrected chi connectivity index (χ0v) is 11.8. The van der Waals surface area contributed by atoms with Gasteiger partial charge in [-0.25, -0.2) is 9.78 Å². The van der Waals surface area contributed by atoms with E-state index in [0.717, 1.165) is 4.88 Å². The molecule has 0 atom stereocenters. The van der Waals surface area contributed by atoms with Gasteiger partial charge in [-0.3, -0.25) is 5.41 Å². The zero-order chi connectivity index (χ0) is 13.9. The number of aromatic nitrogens is 1. The molecule has 0 aliphatic carbocycles. The Bertz CT molecular complexity index is 462. The summed E-state index contributed by atoms with van der Waals surface area (Å²) in [5.74, 6) is -0.0627. The topological polar surface area (TPSA) is 101 Å². The minimum Gasteiger partial charge on any atom is -0.444 e. The van der Waals surface area contributed by atoms with Crippen molar-refractivity contribution in [2.24, 2.45) is 5.73 Å². The minimum absolute atomic E-state index is 0.0627. The van der Waals surface area contributed by atoms with Gasteiger partial charge in [0.15, 0.2) is 0 Å². The molecule has 4 N–H and O–H groups in total. The van der Waals surface area contributed by atoms with Crippen molar-refractivity contribution in [2.45, 2.75) is 39.8 Å². The predicted molar refractivity (Wildman–Crippen MR) is 70.9 cm³/mol. The van der Waals surface area contributed by atoms with Crippen LogP contribution in [0.5, 0.6) is 0 Å². The van der Waals surface area contributed by atoms with E-state index in [1.165, 1.54) is 11.3 Å². The fourth-order valence-corrected chi connectivity index (χ4v) is 2.13. The molecule has 0 radical (unpaired) electrons. The van der Waals surface area contributed by atoms with Crippen molar-refractivity contribution in [3.05, 3.63) is 15.6 Å². The molecule has 100 valence electrons. The van der Waals surface area contributed by atoms with Crippen LogP contribution in [-0.2, 0) is 11.3 Å². The Morgan fingerprint density at radius 2 is 2.17 bits per heavy atom. The van der Waals surface area contributed by atoms with E-state index in [-0.39, 0.29) is 12.4 Å². The minimum atomic E-state index is -0.520. The average Bonchev–Trinajstić information content (AvgIpc) is 2.54. The van der Waals surface area contributed by atoms with Gasteiger partial charge in [0.2, 0.25) is 0 Å². The van der Waals surface area contributed by atoms with Crippen molar-refractivity contribution in [3.63, 3.8) is 0 Å². The maximum Gasteiger partial charge on any atom is 0.408 e. The summed E-state index contributed by atoms with van der Waals surface area (Å²) < 4.78 is 5.10. The Labute approximate surface area is 110 Å². The maximum absolute atomic E-state index is 11.4. The van der Waals surface area contributed by atoms with Crippen LogP contribution < -0.4 is 11.1 Å². The number of carbonyl (C=O) groups excluding carboxylic acids is 1. The molecule has 1 amide bonds. The number of alkyl carbamates (subject to hydrolysis) is 1. The van der Waals surface area contributed by atoms with Crippen LogP contribution in [0.25, 0.3) is 0 Å². The first-order chi connectivity index (χ1) is 8.19.